The molecule has 9 heteroatoms. The molecule has 3 rings (SSSR count). The van der Waals surface area contributed by atoms with Gasteiger partial charge in [-0.3, -0.25) is 9.10 Å². The van der Waals surface area contributed by atoms with E-state index >= 15 is 0 Å². The molecule has 1 aromatic heterocycles. The van der Waals surface area contributed by atoms with Crippen LogP contribution >= 0.6 is 11.3 Å². The first-order valence-corrected chi connectivity index (χ1v) is 11.7. The number of anilines is 1. The van der Waals surface area contributed by atoms with E-state index in [-0.39, 0.29) is 16.4 Å². The number of hydrogen-bond acceptors (Lipinski definition) is 6. The Labute approximate surface area is 185 Å². The van der Waals surface area contributed by atoms with Crippen LogP contribution in [0.3, 0.4) is 0 Å². The van der Waals surface area contributed by atoms with Gasteiger partial charge in [-0.15, -0.1) is 11.3 Å². The van der Waals surface area contributed by atoms with Gasteiger partial charge in [-0.05, 0) is 41.8 Å². The van der Waals surface area contributed by atoms with Gasteiger partial charge in [-0.1, -0.05) is 30.3 Å². The van der Waals surface area contributed by atoms with Gasteiger partial charge in [0.2, 0.25) is 0 Å². The topological polar surface area (TPSA) is 84.0 Å². The predicted molar refractivity (Wildman–Crippen MR) is 120 cm³/mol. The van der Waals surface area contributed by atoms with Crippen molar-refractivity contribution in [3.8, 4) is 0 Å². The van der Waals surface area contributed by atoms with Crippen LogP contribution < -0.4 is 4.31 Å². The van der Waals surface area contributed by atoms with Crippen LogP contribution in [0.2, 0.25) is 0 Å². The van der Waals surface area contributed by atoms with Gasteiger partial charge in [0.05, 0.1) is 22.7 Å². The molecule has 0 aliphatic rings. The van der Waals surface area contributed by atoms with Crippen LogP contribution in [0.1, 0.15) is 15.2 Å². The number of thiophene rings is 1. The molecule has 0 aliphatic carbocycles. The molecule has 3 aromatic rings. The lowest BCUT2D eigenvalue weighted by Gasteiger charge is -2.19. The quantitative estimate of drug-likeness (QED) is 0.483. The van der Waals surface area contributed by atoms with Crippen LogP contribution in [-0.4, -0.2) is 45.9 Å². The van der Waals surface area contributed by atoms with Gasteiger partial charge in [0.25, 0.3) is 15.9 Å². The number of carbonyl (C=O) groups excluding carboxylic acids is 2. The first-order chi connectivity index (χ1) is 14.8. The van der Waals surface area contributed by atoms with E-state index in [1.165, 1.54) is 47.5 Å². The molecule has 0 radical (unpaired) electrons. The fourth-order valence-corrected chi connectivity index (χ4v) is 4.76. The Morgan fingerprint density at radius 2 is 1.71 bits per heavy atom. The molecule has 0 spiro atoms. The second-order valence-corrected chi connectivity index (χ2v) is 9.74. The van der Waals surface area contributed by atoms with Crippen LogP contribution in [0, 0.1) is 0 Å². The molecule has 0 N–H and O–H groups in total. The third-order valence-electron chi connectivity index (χ3n) is 4.57. The van der Waals surface area contributed by atoms with E-state index in [4.69, 9.17) is 4.74 Å². The van der Waals surface area contributed by atoms with Crippen molar-refractivity contribution in [1.29, 1.82) is 0 Å². The molecule has 31 heavy (non-hydrogen) atoms. The Morgan fingerprint density at radius 3 is 2.39 bits per heavy atom. The summed E-state index contributed by atoms with van der Waals surface area (Å²) in [6.07, 6.45) is 0. The Morgan fingerprint density at radius 1 is 0.968 bits per heavy atom. The van der Waals surface area contributed by atoms with Crippen LogP contribution in [0.25, 0.3) is 0 Å². The Kier molecular flexibility index (Phi) is 7.09. The Balaban J connectivity index is 1.66. The fourth-order valence-electron chi connectivity index (χ4n) is 2.76. The molecule has 2 aromatic carbocycles. The maximum absolute atomic E-state index is 12.9. The second-order valence-electron chi connectivity index (χ2n) is 6.74. The standard InChI is InChI=1S/C22H22N2O5S2/c1-23(15-19-11-7-13-30-19)21(25)16-29-22(26)17-8-6-12-20(14-17)31(27,28)24(2)18-9-4-3-5-10-18/h3-14H,15-16H2,1-2H3. The van der Waals surface area contributed by atoms with Crippen molar-refractivity contribution in [3.05, 3.63) is 82.6 Å². The summed E-state index contributed by atoms with van der Waals surface area (Å²) in [5, 5.41) is 1.92. The molecule has 0 aliphatic heterocycles. The van der Waals surface area contributed by atoms with Crippen molar-refractivity contribution in [2.75, 3.05) is 25.0 Å². The largest absolute Gasteiger partial charge is 0.452 e. The van der Waals surface area contributed by atoms with E-state index in [9.17, 15) is 18.0 Å². The van der Waals surface area contributed by atoms with Crippen LogP contribution in [0.15, 0.2) is 77.0 Å². The van der Waals surface area contributed by atoms with Gasteiger partial charge < -0.3 is 9.64 Å². The summed E-state index contributed by atoms with van der Waals surface area (Å²) in [5.74, 6) is -1.12. The number of likely N-dealkylation sites (N-methyl/N-ethyl adjacent to an activating group) is 1. The molecule has 7 nitrogen and oxygen atoms in total. The van der Waals surface area contributed by atoms with Gasteiger partial charge in [0.15, 0.2) is 6.61 Å². The highest BCUT2D eigenvalue weighted by Crippen LogP contribution is 2.22. The number of para-hydroxylation sites is 1. The summed E-state index contributed by atoms with van der Waals surface area (Å²) in [6, 6.07) is 18.0. The highest BCUT2D eigenvalue weighted by Gasteiger charge is 2.23. The van der Waals surface area contributed by atoms with Crippen molar-refractivity contribution in [2.45, 2.75) is 11.4 Å². The average Bonchev–Trinajstić information content (AvgIpc) is 3.30. The number of amides is 1. The zero-order chi connectivity index (χ0) is 22.4. The summed E-state index contributed by atoms with van der Waals surface area (Å²) in [4.78, 5) is 27.1. The molecule has 1 heterocycles. The lowest BCUT2D eigenvalue weighted by molar-refractivity contribution is -0.133. The Hall–Kier alpha value is -3.17. The molecule has 1 amide bonds. The number of hydrogen-bond donors (Lipinski definition) is 0. The normalized spacial score (nSPS) is 11.0. The smallest absolute Gasteiger partial charge is 0.338 e. The van der Waals surface area contributed by atoms with E-state index in [1.807, 2.05) is 17.5 Å². The third-order valence-corrected chi connectivity index (χ3v) is 7.22. The van der Waals surface area contributed by atoms with Crippen LogP contribution in [0.4, 0.5) is 5.69 Å². The van der Waals surface area contributed by atoms with Crippen molar-refractivity contribution < 1.29 is 22.7 Å². The fraction of sp³-hybridized carbons (Fsp3) is 0.182. The number of sulfonamides is 1. The van der Waals surface area contributed by atoms with Gasteiger partial charge in [0.1, 0.15) is 0 Å². The van der Waals surface area contributed by atoms with E-state index in [1.54, 1.807) is 37.4 Å². The Bertz CT molecular complexity index is 1150. The van der Waals surface area contributed by atoms with E-state index in [0.717, 1.165) is 9.18 Å². The first-order valence-electron chi connectivity index (χ1n) is 9.36. The zero-order valence-corrected chi connectivity index (χ0v) is 18.7. The monoisotopic (exact) mass is 458 g/mol. The van der Waals surface area contributed by atoms with Crippen molar-refractivity contribution in [1.82, 2.24) is 4.90 Å². The van der Waals surface area contributed by atoms with Gasteiger partial charge in [-0.25, -0.2) is 13.2 Å². The second kappa shape index (κ2) is 9.76. The maximum atomic E-state index is 12.9. The average molecular weight is 459 g/mol. The van der Waals surface area contributed by atoms with Gasteiger partial charge in [-0.2, -0.15) is 0 Å². The lowest BCUT2D eigenvalue weighted by atomic mass is 10.2. The molecular formula is C22H22N2O5S2. The van der Waals surface area contributed by atoms with E-state index in [0.29, 0.717) is 12.2 Å². The maximum Gasteiger partial charge on any atom is 0.338 e. The summed E-state index contributed by atoms with van der Waals surface area (Å²) in [6.45, 7) is -0.00476. The van der Waals surface area contributed by atoms with Crippen molar-refractivity contribution >= 4 is 38.9 Å². The number of esters is 1. The van der Waals surface area contributed by atoms with Crippen LogP contribution in [-0.2, 0) is 26.1 Å². The SMILES string of the molecule is CN(Cc1cccs1)C(=O)COC(=O)c1cccc(S(=O)(=O)N(C)c2ccccc2)c1. The van der Waals surface area contributed by atoms with Gasteiger partial charge >= 0.3 is 5.97 Å². The number of nitrogens with zero attached hydrogens (tertiary/aromatic N) is 2. The highest BCUT2D eigenvalue weighted by molar-refractivity contribution is 7.92. The molecule has 0 saturated carbocycles. The summed E-state index contributed by atoms with van der Waals surface area (Å²) in [7, 11) is -0.801. The summed E-state index contributed by atoms with van der Waals surface area (Å²) >= 11 is 1.53. The predicted octanol–water partition coefficient (Wildman–Crippen LogP) is 3.39. The molecule has 0 unspecified atom stereocenters. The minimum absolute atomic E-state index is 0.0468. The van der Waals surface area contributed by atoms with E-state index in [2.05, 4.69) is 0 Å². The summed E-state index contributed by atoms with van der Waals surface area (Å²) < 4.78 is 32.1. The molecule has 0 saturated heterocycles. The molecular weight excluding hydrogens is 436 g/mol. The molecule has 0 bridgehead atoms. The number of benzene rings is 2. The minimum Gasteiger partial charge on any atom is -0.452 e. The number of ether oxygens (including phenoxy) is 1. The zero-order valence-electron chi connectivity index (χ0n) is 17.1. The number of carbonyl (C=O) groups is 2. The molecule has 0 atom stereocenters. The van der Waals surface area contributed by atoms with Gasteiger partial charge in [0, 0.05) is 19.0 Å². The molecule has 162 valence electrons. The highest BCUT2D eigenvalue weighted by atomic mass is 32.2. The third kappa shape index (κ3) is 5.50. The minimum atomic E-state index is -3.87. The molecule has 0 fully saturated rings. The first kappa shape index (κ1) is 22.5. The van der Waals surface area contributed by atoms with Crippen LogP contribution in [0.5, 0.6) is 0 Å². The number of rotatable bonds is 8. The van der Waals surface area contributed by atoms with E-state index < -0.39 is 22.6 Å². The summed E-state index contributed by atoms with van der Waals surface area (Å²) in [5.41, 5.74) is 0.547. The van der Waals surface area contributed by atoms with Crippen molar-refractivity contribution in [3.63, 3.8) is 0 Å². The van der Waals surface area contributed by atoms with Crippen molar-refractivity contribution in [2.24, 2.45) is 0 Å². The lowest BCUT2D eigenvalue weighted by Crippen LogP contribution is -2.30.